The highest BCUT2D eigenvalue weighted by Gasteiger charge is 2.61. The number of hydrogen-bond acceptors (Lipinski definition) is 4. The highest BCUT2D eigenvalue weighted by Crippen LogP contribution is 2.57. The van der Waals surface area contributed by atoms with Crippen molar-refractivity contribution < 1.29 is 27.9 Å². The fourth-order valence-electron chi connectivity index (χ4n) is 4.50. The van der Waals surface area contributed by atoms with E-state index in [1.165, 1.54) is 4.90 Å². The largest absolute Gasteiger partial charge is 0.481 e. The third-order valence-electron chi connectivity index (χ3n) is 6.04. The molecule has 2 heterocycles. The predicted octanol–water partition coefficient (Wildman–Crippen LogP) is 1.98. The molecule has 1 aromatic rings. The molecule has 6 nitrogen and oxygen atoms in total. The highest BCUT2D eigenvalue weighted by atomic mass is 19.4. The van der Waals surface area contributed by atoms with Gasteiger partial charge in [0.15, 0.2) is 0 Å². The SMILES string of the molecule is N[C@@H]1C=C[C@](C(=O)N2CCc3ncc(C(F)(F)F)cc3C2)(C2CC2C(=O)O)C1. The van der Waals surface area contributed by atoms with Gasteiger partial charge >= 0.3 is 12.1 Å². The molecular formula is C19H20F3N3O3. The Morgan fingerprint density at radius 2 is 2.11 bits per heavy atom. The zero-order valence-corrected chi connectivity index (χ0v) is 14.9. The molecule has 0 aromatic carbocycles. The minimum Gasteiger partial charge on any atom is -0.481 e. The first-order valence-corrected chi connectivity index (χ1v) is 9.14. The second kappa shape index (κ2) is 6.30. The summed E-state index contributed by atoms with van der Waals surface area (Å²) in [6, 6.07) is 0.705. The molecule has 4 rings (SSSR count). The van der Waals surface area contributed by atoms with Gasteiger partial charge < -0.3 is 15.7 Å². The molecule has 1 fully saturated rings. The van der Waals surface area contributed by atoms with Crippen molar-refractivity contribution in [1.82, 2.24) is 9.88 Å². The summed E-state index contributed by atoms with van der Waals surface area (Å²) in [6.45, 7) is 0.361. The second-order valence-electron chi connectivity index (χ2n) is 7.86. The molecule has 0 bridgehead atoms. The summed E-state index contributed by atoms with van der Waals surface area (Å²) < 4.78 is 39.0. The number of hydrogen-bond donors (Lipinski definition) is 2. The molecule has 1 amide bonds. The molecule has 1 aromatic heterocycles. The molecule has 28 heavy (non-hydrogen) atoms. The van der Waals surface area contributed by atoms with Crippen molar-refractivity contribution in [3.8, 4) is 0 Å². The summed E-state index contributed by atoms with van der Waals surface area (Å²) in [5.41, 5.74) is 5.07. The summed E-state index contributed by atoms with van der Waals surface area (Å²) in [5.74, 6) is -2.11. The number of carboxylic acids is 1. The van der Waals surface area contributed by atoms with Gasteiger partial charge in [-0.25, -0.2) is 0 Å². The van der Waals surface area contributed by atoms with Crippen LogP contribution in [-0.2, 0) is 28.7 Å². The molecule has 9 heteroatoms. The molecule has 1 aliphatic heterocycles. The van der Waals surface area contributed by atoms with E-state index in [2.05, 4.69) is 4.98 Å². The zero-order valence-electron chi connectivity index (χ0n) is 14.9. The van der Waals surface area contributed by atoms with Crippen LogP contribution < -0.4 is 5.73 Å². The summed E-state index contributed by atoms with van der Waals surface area (Å²) in [7, 11) is 0. The third-order valence-corrected chi connectivity index (χ3v) is 6.04. The van der Waals surface area contributed by atoms with E-state index in [4.69, 9.17) is 5.73 Å². The van der Waals surface area contributed by atoms with Crippen molar-refractivity contribution >= 4 is 11.9 Å². The number of carboxylic acid groups (broad SMARTS) is 1. The molecular weight excluding hydrogens is 375 g/mol. The maximum absolute atomic E-state index is 13.4. The fourth-order valence-corrected chi connectivity index (χ4v) is 4.50. The lowest BCUT2D eigenvalue weighted by molar-refractivity contribution is -0.143. The first-order chi connectivity index (χ1) is 13.1. The van der Waals surface area contributed by atoms with E-state index < -0.39 is 29.0 Å². The number of nitrogens with zero attached hydrogens (tertiary/aromatic N) is 2. The van der Waals surface area contributed by atoms with Gasteiger partial charge in [-0.05, 0) is 30.4 Å². The van der Waals surface area contributed by atoms with E-state index in [1.807, 2.05) is 0 Å². The van der Waals surface area contributed by atoms with E-state index >= 15 is 0 Å². The van der Waals surface area contributed by atoms with Gasteiger partial charge in [0.05, 0.1) is 16.9 Å². The quantitative estimate of drug-likeness (QED) is 0.763. The van der Waals surface area contributed by atoms with Crippen LogP contribution in [-0.4, -0.2) is 39.5 Å². The van der Waals surface area contributed by atoms with E-state index in [9.17, 15) is 27.9 Å². The Morgan fingerprint density at radius 1 is 1.36 bits per heavy atom. The Bertz CT molecular complexity index is 870. The Labute approximate surface area is 159 Å². The van der Waals surface area contributed by atoms with Gasteiger partial charge in [-0.15, -0.1) is 0 Å². The van der Waals surface area contributed by atoms with Crippen molar-refractivity contribution in [2.45, 2.75) is 38.0 Å². The van der Waals surface area contributed by atoms with E-state index in [0.29, 0.717) is 37.1 Å². The molecule has 0 radical (unpaired) electrons. The smallest absolute Gasteiger partial charge is 0.417 e. The maximum Gasteiger partial charge on any atom is 0.417 e. The van der Waals surface area contributed by atoms with Crippen molar-refractivity contribution in [3.05, 3.63) is 41.2 Å². The molecule has 1 saturated carbocycles. The number of pyridine rings is 1. The predicted molar refractivity (Wildman–Crippen MR) is 91.8 cm³/mol. The number of nitrogens with two attached hydrogens (primary N) is 1. The van der Waals surface area contributed by atoms with Crippen LogP contribution in [0.4, 0.5) is 13.2 Å². The van der Waals surface area contributed by atoms with Crippen LogP contribution in [0.25, 0.3) is 0 Å². The minimum atomic E-state index is -4.50. The molecule has 3 aliphatic rings. The normalized spacial score (nSPS) is 31.6. The molecule has 3 N–H and O–H groups in total. The Kier molecular flexibility index (Phi) is 4.26. The lowest BCUT2D eigenvalue weighted by Gasteiger charge is -2.37. The molecule has 2 aliphatic carbocycles. The second-order valence-corrected chi connectivity index (χ2v) is 7.86. The first kappa shape index (κ1) is 18.9. The lowest BCUT2D eigenvalue weighted by Crippen LogP contribution is -2.47. The van der Waals surface area contributed by atoms with Gasteiger partial charge in [0.1, 0.15) is 0 Å². The monoisotopic (exact) mass is 395 g/mol. The Morgan fingerprint density at radius 3 is 2.68 bits per heavy atom. The highest BCUT2D eigenvalue weighted by molar-refractivity contribution is 5.88. The van der Waals surface area contributed by atoms with Gasteiger partial charge in [-0.1, -0.05) is 12.2 Å². The number of aliphatic carboxylic acids is 1. The van der Waals surface area contributed by atoms with Gasteiger partial charge in [0.25, 0.3) is 0 Å². The number of halogens is 3. The molecule has 0 spiro atoms. The molecule has 150 valence electrons. The summed E-state index contributed by atoms with van der Waals surface area (Å²) in [5, 5.41) is 9.30. The van der Waals surface area contributed by atoms with Crippen molar-refractivity contribution in [1.29, 1.82) is 0 Å². The number of aromatic nitrogens is 1. The maximum atomic E-state index is 13.4. The number of alkyl halides is 3. The number of rotatable bonds is 3. The summed E-state index contributed by atoms with van der Waals surface area (Å²) >= 11 is 0. The van der Waals surface area contributed by atoms with Crippen LogP contribution in [0.1, 0.15) is 29.7 Å². The summed E-state index contributed by atoms with van der Waals surface area (Å²) in [4.78, 5) is 30.2. The Hall–Kier alpha value is -2.42. The average Bonchev–Trinajstić information content (AvgIpc) is 3.36. The number of carbonyl (C=O) groups excluding carboxylic acids is 1. The standard InChI is InChI=1S/C19H20F3N3O3/c20-19(21,22)11-5-10-9-25(4-2-15(10)24-8-11)17(28)18(3-1-12(23)7-18)14-6-13(14)16(26)27/h1,3,5,8,12-14H,2,4,6-7,9,23H2,(H,26,27)/t12-,13?,14?,18-/m1/s1. The van der Waals surface area contributed by atoms with Crippen molar-refractivity contribution in [2.24, 2.45) is 23.0 Å². The fraction of sp³-hybridized carbons (Fsp3) is 0.526. The molecule has 2 unspecified atom stereocenters. The van der Waals surface area contributed by atoms with Crippen LogP contribution in [0, 0.1) is 17.3 Å². The van der Waals surface area contributed by atoms with Crippen LogP contribution in [0.15, 0.2) is 24.4 Å². The van der Waals surface area contributed by atoms with Crippen molar-refractivity contribution in [3.63, 3.8) is 0 Å². The number of carbonyl (C=O) groups is 2. The van der Waals surface area contributed by atoms with Gasteiger partial charge in [0, 0.05) is 37.4 Å². The third kappa shape index (κ3) is 3.07. The van der Waals surface area contributed by atoms with E-state index in [1.54, 1.807) is 12.2 Å². The zero-order chi connectivity index (χ0) is 20.3. The van der Waals surface area contributed by atoms with E-state index in [0.717, 1.165) is 12.3 Å². The molecule has 0 saturated heterocycles. The van der Waals surface area contributed by atoms with Gasteiger partial charge in [-0.3, -0.25) is 14.6 Å². The first-order valence-electron chi connectivity index (χ1n) is 9.14. The molecule has 4 atom stereocenters. The van der Waals surface area contributed by atoms with Gasteiger partial charge in [-0.2, -0.15) is 13.2 Å². The Balaban J connectivity index is 1.60. The van der Waals surface area contributed by atoms with Crippen LogP contribution in [0.2, 0.25) is 0 Å². The topological polar surface area (TPSA) is 96.5 Å². The van der Waals surface area contributed by atoms with E-state index in [-0.39, 0.29) is 24.4 Å². The number of amides is 1. The van der Waals surface area contributed by atoms with Crippen LogP contribution >= 0.6 is 0 Å². The van der Waals surface area contributed by atoms with Crippen LogP contribution in [0.3, 0.4) is 0 Å². The van der Waals surface area contributed by atoms with Gasteiger partial charge in [0.2, 0.25) is 5.91 Å². The number of fused-ring (bicyclic) bond motifs is 1. The van der Waals surface area contributed by atoms with Crippen molar-refractivity contribution in [2.75, 3.05) is 6.54 Å². The summed E-state index contributed by atoms with van der Waals surface area (Å²) in [6.07, 6.45) is 0.839. The van der Waals surface area contributed by atoms with Crippen LogP contribution in [0.5, 0.6) is 0 Å². The lowest BCUT2D eigenvalue weighted by atomic mass is 9.78. The minimum absolute atomic E-state index is 0.0281. The average molecular weight is 395 g/mol.